The Bertz CT molecular complexity index is 931. The minimum atomic E-state index is 1.15. The van der Waals surface area contributed by atoms with Crippen molar-refractivity contribution in [2.45, 2.75) is 12.8 Å². The maximum Gasteiger partial charge on any atom is 0.0609 e. The van der Waals surface area contributed by atoms with Gasteiger partial charge in [0, 0.05) is 28.8 Å². The maximum atomic E-state index is 3.81. The second-order valence-corrected chi connectivity index (χ2v) is 8.44. The van der Waals surface area contributed by atoms with Crippen LogP contribution in [0, 0.1) is 0 Å². The monoisotopic (exact) mass is 424 g/mol. The molecule has 0 nitrogen and oxygen atoms in total. The highest BCUT2D eigenvalue weighted by molar-refractivity contribution is 9.11. The minimum Gasteiger partial charge on any atom is -0.133 e. The van der Waals surface area contributed by atoms with Crippen molar-refractivity contribution in [3.63, 3.8) is 0 Å². The van der Waals surface area contributed by atoms with Crippen molar-refractivity contribution in [2.24, 2.45) is 0 Å². The fourth-order valence-electron chi connectivity index (χ4n) is 2.53. The van der Waals surface area contributed by atoms with Gasteiger partial charge in [-0.3, -0.25) is 0 Å². The summed E-state index contributed by atoms with van der Waals surface area (Å²) in [6, 6.07) is 8.57. The summed E-state index contributed by atoms with van der Waals surface area (Å²) in [6.07, 6.45) is 7.01. The van der Waals surface area contributed by atoms with Gasteiger partial charge >= 0.3 is 0 Å². The third-order valence-corrected chi connectivity index (χ3v) is 8.21. The SMILES string of the molecule is Brc1c(-c2sc3ccccc3c2Br)sc2c1=CCCC=2. The molecular formula is C16H10Br2S2. The van der Waals surface area contributed by atoms with Crippen LogP contribution in [0.4, 0.5) is 0 Å². The van der Waals surface area contributed by atoms with Gasteiger partial charge in [0.1, 0.15) is 0 Å². The summed E-state index contributed by atoms with van der Waals surface area (Å²) in [4.78, 5) is 2.68. The molecule has 2 aromatic heterocycles. The largest absolute Gasteiger partial charge is 0.133 e. The lowest BCUT2D eigenvalue weighted by Crippen LogP contribution is -2.21. The van der Waals surface area contributed by atoms with E-state index in [-0.39, 0.29) is 0 Å². The predicted molar refractivity (Wildman–Crippen MR) is 98.0 cm³/mol. The van der Waals surface area contributed by atoms with Crippen LogP contribution in [0.2, 0.25) is 0 Å². The normalized spacial score (nSPS) is 13.9. The van der Waals surface area contributed by atoms with Crippen molar-refractivity contribution in [2.75, 3.05) is 0 Å². The molecule has 0 saturated carbocycles. The van der Waals surface area contributed by atoms with E-state index >= 15 is 0 Å². The first-order valence-electron chi connectivity index (χ1n) is 6.42. The van der Waals surface area contributed by atoms with E-state index < -0.39 is 0 Å². The molecule has 0 N–H and O–H groups in total. The predicted octanol–water partition coefficient (Wildman–Crippen LogP) is 5.51. The molecule has 1 aliphatic carbocycles. The third-order valence-electron chi connectivity index (χ3n) is 3.50. The lowest BCUT2D eigenvalue weighted by molar-refractivity contribution is 1.13. The van der Waals surface area contributed by atoms with Crippen molar-refractivity contribution >= 4 is 76.8 Å². The van der Waals surface area contributed by atoms with Gasteiger partial charge in [0.25, 0.3) is 0 Å². The average molecular weight is 426 g/mol. The lowest BCUT2D eigenvalue weighted by atomic mass is 10.2. The number of rotatable bonds is 1. The molecule has 0 radical (unpaired) electrons. The summed E-state index contributed by atoms with van der Waals surface area (Å²) in [5, 5.41) is 2.68. The second kappa shape index (κ2) is 5.09. The summed E-state index contributed by atoms with van der Waals surface area (Å²) in [5.41, 5.74) is 0. The molecule has 0 bridgehead atoms. The van der Waals surface area contributed by atoms with Crippen LogP contribution in [-0.2, 0) is 0 Å². The van der Waals surface area contributed by atoms with Gasteiger partial charge in [-0.1, -0.05) is 30.4 Å². The van der Waals surface area contributed by atoms with Crippen LogP contribution in [-0.4, -0.2) is 0 Å². The Labute approximate surface area is 141 Å². The fraction of sp³-hybridized carbons (Fsp3) is 0.125. The summed E-state index contributed by atoms with van der Waals surface area (Å²) in [6.45, 7) is 0. The zero-order valence-electron chi connectivity index (χ0n) is 10.5. The molecule has 0 atom stereocenters. The topological polar surface area (TPSA) is 0 Å². The Morgan fingerprint density at radius 2 is 1.60 bits per heavy atom. The quantitative estimate of drug-likeness (QED) is 0.482. The standard InChI is InChI=1S/C16H10Br2S2/c17-13-9-5-1-3-7-11(9)19-15(13)16-14(18)10-6-2-4-8-12(10)20-16/h1,3,5-8H,2,4H2. The Kier molecular flexibility index (Phi) is 3.38. The van der Waals surface area contributed by atoms with Crippen LogP contribution in [0.25, 0.3) is 32.0 Å². The Morgan fingerprint density at radius 1 is 0.850 bits per heavy atom. The van der Waals surface area contributed by atoms with Crippen LogP contribution in [0.15, 0.2) is 33.2 Å². The van der Waals surface area contributed by atoms with Gasteiger partial charge < -0.3 is 0 Å². The third kappa shape index (κ3) is 1.97. The first kappa shape index (κ1) is 13.3. The van der Waals surface area contributed by atoms with Crippen LogP contribution in [0.3, 0.4) is 0 Å². The molecule has 0 aliphatic heterocycles. The molecule has 3 aromatic rings. The fourth-order valence-corrected chi connectivity index (χ4v) is 7.06. The van der Waals surface area contributed by atoms with E-state index in [1.165, 1.54) is 38.5 Å². The number of fused-ring (bicyclic) bond motifs is 2. The second-order valence-electron chi connectivity index (χ2n) is 4.75. The zero-order valence-corrected chi connectivity index (χ0v) is 15.3. The molecule has 20 heavy (non-hydrogen) atoms. The van der Waals surface area contributed by atoms with Crippen molar-refractivity contribution in [3.05, 3.63) is 43.0 Å². The van der Waals surface area contributed by atoms with E-state index in [0.717, 1.165) is 12.8 Å². The van der Waals surface area contributed by atoms with Crippen molar-refractivity contribution in [1.29, 1.82) is 0 Å². The number of thiophene rings is 2. The Morgan fingerprint density at radius 3 is 2.40 bits per heavy atom. The molecule has 1 aromatic carbocycles. The molecule has 2 heterocycles. The van der Waals surface area contributed by atoms with E-state index in [0.29, 0.717) is 0 Å². The van der Waals surface area contributed by atoms with Gasteiger partial charge in [0.2, 0.25) is 0 Å². The summed E-state index contributed by atoms with van der Waals surface area (Å²) in [5.74, 6) is 0. The first-order chi connectivity index (χ1) is 9.75. The van der Waals surface area contributed by atoms with Crippen molar-refractivity contribution in [3.8, 4) is 9.75 Å². The molecule has 0 saturated heterocycles. The number of benzene rings is 1. The maximum absolute atomic E-state index is 3.81. The van der Waals surface area contributed by atoms with Crippen LogP contribution in [0.1, 0.15) is 12.8 Å². The number of halogens is 2. The number of hydrogen-bond acceptors (Lipinski definition) is 2. The molecule has 0 fully saturated rings. The number of hydrogen-bond donors (Lipinski definition) is 0. The van der Waals surface area contributed by atoms with Crippen LogP contribution < -0.4 is 9.75 Å². The highest BCUT2D eigenvalue weighted by atomic mass is 79.9. The summed E-state index contributed by atoms with van der Waals surface area (Å²) >= 11 is 11.4. The van der Waals surface area contributed by atoms with Gasteiger partial charge in [-0.25, -0.2) is 0 Å². The van der Waals surface area contributed by atoms with E-state index in [4.69, 9.17) is 0 Å². The average Bonchev–Trinajstić information content (AvgIpc) is 2.98. The molecule has 1 aliphatic rings. The molecule has 4 heteroatoms. The summed E-state index contributed by atoms with van der Waals surface area (Å²) < 4.78 is 5.21. The molecular weight excluding hydrogens is 416 g/mol. The van der Waals surface area contributed by atoms with E-state index in [1.807, 2.05) is 22.7 Å². The molecule has 0 amide bonds. The van der Waals surface area contributed by atoms with Crippen LogP contribution >= 0.6 is 54.5 Å². The van der Waals surface area contributed by atoms with E-state index in [2.05, 4.69) is 68.3 Å². The van der Waals surface area contributed by atoms with Crippen LogP contribution in [0.5, 0.6) is 0 Å². The lowest BCUT2D eigenvalue weighted by Gasteiger charge is -1.96. The Balaban J connectivity index is 2.06. The molecule has 4 rings (SSSR count). The van der Waals surface area contributed by atoms with E-state index in [9.17, 15) is 0 Å². The summed E-state index contributed by atoms with van der Waals surface area (Å²) in [7, 11) is 0. The highest BCUT2D eigenvalue weighted by Gasteiger charge is 2.17. The Hall–Kier alpha value is -0.420. The molecule has 0 unspecified atom stereocenters. The van der Waals surface area contributed by atoms with Gasteiger partial charge in [-0.15, -0.1) is 22.7 Å². The minimum absolute atomic E-state index is 1.15. The zero-order chi connectivity index (χ0) is 13.7. The van der Waals surface area contributed by atoms with Gasteiger partial charge in [0.05, 0.1) is 9.75 Å². The van der Waals surface area contributed by atoms with Crippen molar-refractivity contribution in [1.82, 2.24) is 0 Å². The smallest absolute Gasteiger partial charge is 0.0609 e. The molecule has 0 spiro atoms. The van der Waals surface area contributed by atoms with Gasteiger partial charge in [0.15, 0.2) is 0 Å². The van der Waals surface area contributed by atoms with Crippen molar-refractivity contribution < 1.29 is 0 Å². The van der Waals surface area contributed by atoms with Gasteiger partial charge in [-0.2, -0.15) is 0 Å². The van der Waals surface area contributed by atoms with E-state index in [1.54, 1.807) is 0 Å². The van der Waals surface area contributed by atoms with Gasteiger partial charge in [-0.05, 0) is 50.8 Å². The molecule has 100 valence electrons. The highest BCUT2D eigenvalue weighted by Crippen LogP contribution is 2.44. The first-order valence-corrected chi connectivity index (χ1v) is 9.63.